The van der Waals surface area contributed by atoms with Crippen LogP contribution in [0.1, 0.15) is 13.8 Å². The molecule has 1 aromatic heterocycles. The molecule has 3 rings (SSSR count). The zero-order valence-electron chi connectivity index (χ0n) is 13.7. The molecule has 1 heterocycles. The van der Waals surface area contributed by atoms with Crippen molar-refractivity contribution in [3.05, 3.63) is 66.3 Å². The number of rotatable bonds is 4. The highest BCUT2D eigenvalue weighted by Crippen LogP contribution is 2.17. The Kier molecular flexibility index (Phi) is 4.56. The van der Waals surface area contributed by atoms with Crippen LogP contribution in [0.25, 0.3) is 5.69 Å². The second-order valence-corrected chi connectivity index (χ2v) is 5.59. The van der Waals surface area contributed by atoms with E-state index in [9.17, 15) is 0 Å². The molecule has 0 spiro atoms. The Bertz CT molecular complexity index is 869. The minimum Gasteiger partial charge on any atom is -0.368 e. The Morgan fingerprint density at radius 2 is 1.58 bits per heavy atom. The molecular formula is C18H20N6. The maximum absolute atomic E-state index is 5.90. The van der Waals surface area contributed by atoms with Gasteiger partial charge < -0.3 is 11.1 Å². The van der Waals surface area contributed by atoms with Crippen molar-refractivity contribution in [1.82, 2.24) is 14.5 Å². The van der Waals surface area contributed by atoms with E-state index in [0.717, 1.165) is 11.4 Å². The minimum absolute atomic E-state index is 0.0823. The predicted octanol–water partition coefficient (Wildman–Crippen LogP) is 2.90. The molecule has 0 bridgehead atoms. The molecule has 0 unspecified atom stereocenters. The summed E-state index contributed by atoms with van der Waals surface area (Å²) in [6, 6.07) is 19.7. The fraction of sp³-hybridized carbons (Fsp3) is 0.167. The summed E-state index contributed by atoms with van der Waals surface area (Å²) in [6.45, 7) is 4.00. The van der Waals surface area contributed by atoms with Crippen LogP contribution in [0.15, 0.2) is 65.7 Å². The molecule has 0 aliphatic heterocycles. The van der Waals surface area contributed by atoms with Crippen LogP contribution in [0, 0.1) is 0 Å². The second kappa shape index (κ2) is 6.95. The molecule has 24 heavy (non-hydrogen) atoms. The fourth-order valence-corrected chi connectivity index (χ4v) is 2.30. The van der Waals surface area contributed by atoms with Gasteiger partial charge in [-0.05, 0) is 38.1 Å². The van der Waals surface area contributed by atoms with Gasteiger partial charge in [0.1, 0.15) is 0 Å². The molecule has 0 fully saturated rings. The van der Waals surface area contributed by atoms with E-state index in [1.165, 1.54) is 0 Å². The highest BCUT2D eigenvalue weighted by Gasteiger charge is 2.10. The van der Waals surface area contributed by atoms with Gasteiger partial charge in [-0.25, -0.2) is 9.56 Å². The van der Waals surface area contributed by atoms with E-state index in [-0.39, 0.29) is 12.0 Å². The van der Waals surface area contributed by atoms with Crippen molar-refractivity contribution in [2.24, 2.45) is 4.99 Å². The summed E-state index contributed by atoms with van der Waals surface area (Å²) in [5.41, 5.74) is 8.24. The van der Waals surface area contributed by atoms with Crippen molar-refractivity contribution in [3.63, 3.8) is 0 Å². The summed E-state index contributed by atoms with van der Waals surface area (Å²) < 4.78 is 1.86. The van der Waals surface area contributed by atoms with E-state index in [1.54, 1.807) is 0 Å². The molecule has 2 aromatic carbocycles. The van der Waals surface area contributed by atoms with Crippen LogP contribution in [0.4, 0.5) is 17.6 Å². The molecule has 3 aromatic rings. The van der Waals surface area contributed by atoms with Gasteiger partial charge in [-0.15, -0.1) is 0 Å². The highest BCUT2D eigenvalue weighted by atomic mass is 15.3. The van der Waals surface area contributed by atoms with Crippen LogP contribution < -0.4 is 16.7 Å². The van der Waals surface area contributed by atoms with Gasteiger partial charge in [0.05, 0.1) is 5.69 Å². The normalized spacial score (nSPS) is 11.7. The molecular weight excluding hydrogens is 300 g/mol. The van der Waals surface area contributed by atoms with E-state index in [4.69, 9.17) is 5.73 Å². The first-order chi connectivity index (χ1) is 11.6. The van der Waals surface area contributed by atoms with Crippen LogP contribution in [0.2, 0.25) is 0 Å². The third kappa shape index (κ3) is 3.60. The number of nitrogens with two attached hydrogens (primary N) is 1. The second-order valence-electron chi connectivity index (χ2n) is 5.59. The average Bonchev–Trinajstić information content (AvgIpc) is 2.56. The molecule has 0 saturated carbocycles. The number of para-hydroxylation sites is 2. The van der Waals surface area contributed by atoms with Gasteiger partial charge in [0.25, 0.3) is 0 Å². The van der Waals surface area contributed by atoms with Crippen LogP contribution in [-0.2, 0) is 0 Å². The predicted molar refractivity (Wildman–Crippen MR) is 96.2 cm³/mol. The van der Waals surface area contributed by atoms with Crippen LogP contribution in [0.5, 0.6) is 0 Å². The lowest BCUT2D eigenvalue weighted by molar-refractivity contribution is 0.733. The average molecular weight is 320 g/mol. The molecule has 122 valence electrons. The van der Waals surface area contributed by atoms with Crippen LogP contribution >= 0.6 is 0 Å². The lowest BCUT2D eigenvalue weighted by Crippen LogP contribution is -2.29. The van der Waals surface area contributed by atoms with Crippen molar-refractivity contribution in [1.29, 1.82) is 0 Å². The van der Waals surface area contributed by atoms with Gasteiger partial charge in [0.15, 0.2) is 0 Å². The van der Waals surface area contributed by atoms with Gasteiger partial charge in [-0.2, -0.15) is 9.97 Å². The largest absolute Gasteiger partial charge is 0.368 e. The number of aromatic nitrogens is 3. The number of nitrogen functional groups attached to an aromatic ring is 1. The molecule has 0 aliphatic carbocycles. The first kappa shape index (κ1) is 15.7. The molecule has 0 aliphatic rings. The number of anilines is 3. The number of nitrogens with zero attached hydrogens (tertiary/aromatic N) is 4. The fourth-order valence-electron chi connectivity index (χ4n) is 2.30. The van der Waals surface area contributed by atoms with Gasteiger partial charge in [-0.3, -0.25) is 0 Å². The minimum atomic E-state index is 0.0823. The highest BCUT2D eigenvalue weighted by molar-refractivity contribution is 5.56. The van der Waals surface area contributed by atoms with E-state index >= 15 is 0 Å². The van der Waals surface area contributed by atoms with Crippen LogP contribution in [0.3, 0.4) is 0 Å². The smallest absolute Gasteiger partial charge is 0.235 e. The van der Waals surface area contributed by atoms with Crippen molar-refractivity contribution < 1.29 is 0 Å². The van der Waals surface area contributed by atoms with Crippen LogP contribution in [-0.4, -0.2) is 20.6 Å². The van der Waals surface area contributed by atoms with E-state index in [0.29, 0.717) is 11.6 Å². The number of hydrogen-bond acceptors (Lipinski definition) is 5. The zero-order valence-corrected chi connectivity index (χ0v) is 13.7. The third-order valence-electron chi connectivity index (χ3n) is 3.26. The van der Waals surface area contributed by atoms with E-state index < -0.39 is 0 Å². The summed E-state index contributed by atoms with van der Waals surface area (Å²) in [7, 11) is 0. The van der Waals surface area contributed by atoms with Gasteiger partial charge in [0, 0.05) is 11.7 Å². The number of benzene rings is 2. The van der Waals surface area contributed by atoms with E-state index in [1.807, 2.05) is 79.1 Å². The quantitative estimate of drug-likeness (QED) is 0.774. The number of hydrogen-bond donors (Lipinski definition) is 2. The third-order valence-corrected chi connectivity index (χ3v) is 3.26. The lowest BCUT2D eigenvalue weighted by Gasteiger charge is -2.15. The Labute approximate surface area is 140 Å². The summed E-state index contributed by atoms with van der Waals surface area (Å²) >= 11 is 0. The molecule has 0 saturated heterocycles. The molecule has 0 atom stereocenters. The maximum atomic E-state index is 5.90. The lowest BCUT2D eigenvalue weighted by atomic mass is 10.3. The molecule has 6 heteroatoms. The Hall–Kier alpha value is -3.15. The summed E-state index contributed by atoms with van der Waals surface area (Å²) in [6.07, 6.45) is 0. The van der Waals surface area contributed by atoms with Crippen molar-refractivity contribution in [2.75, 3.05) is 11.1 Å². The summed E-state index contributed by atoms with van der Waals surface area (Å²) in [5.74, 6) is 0.749. The molecule has 0 amide bonds. The molecule has 6 nitrogen and oxygen atoms in total. The summed E-state index contributed by atoms with van der Waals surface area (Å²) in [4.78, 5) is 13.3. The Morgan fingerprint density at radius 3 is 2.21 bits per heavy atom. The number of nitrogens with one attached hydrogen (secondary N) is 1. The first-order valence-corrected chi connectivity index (χ1v) is 7.81. The standard InChI is InChI=1S/C18H20N6/c1-13(2)20-17-22-16(19)23-18(21-14-9-5-3-6-10-14)24(17)15-11-7-4-8-12-15/h3-13H,1-2H3,(H3,19,20,21,22,23). The summed E-state index contributed by atoms with van der Waals surface area (Å²) in [5, 5.41) is 3.30. The maximum Gasteiger partial charge on any atom is 0.235 e. The van der Waals surface area contributed by atoms with Gasteiger partial charge in [-0.1, -0.05) is 36.4 Å². The molecule has 0 radical (unpaired) electrons. The Balaban J connectivity index is 2.22. The zero-order chi connectivity index (χ0) is 16.9. The monoisotopic (exact) mass is 320 g/mol. The molecule has 3 N–H and O–H groups in total. The van der Waals surface area contributed by atoms with Gasteiger partial charge in [0.2, 0.25) is 17.5 Å². The van der Waals surface area contributed by atoms with Gasteiger partial charge >= 0.3 is 0 Å². The van der Waals surface area contributed by atoms with Crippen molar-refractivity contribution >= 4 is 17.6 Å². The Morgan fingerprint density at radius 1 is 0.958 bits per heavy atom. The topological polar surface area (TPSA) is 81.1 Å². The van der Waals surface area contributed by atoms with Crippen molar-refractivity contribution in [3.8, 4) is 5.69 Å². The van der Waals surface area contributed by atoms with Crippen molar-refractivity contribution in [2.45, 2.75) is 19.9 Å². The first-order valence-electron chi connectivity index (χ1n) is 7.81. The SMILES string of the molecule is CC(C)N=c1nc(N)nc(Nc2ccccc2)n1-c1ccccc1. The van der Waals surface area contributed by atoms with E-state index in [2.05, 4.69) is 20.3 Å².